The highest BCUT2D eigenvalue weighted by Crippen LogP contribution is 2.37. The van der Waals surface area contributed by atoms with E-state index in [2.05, 4.69) is 10.5 Å². The monoisotopic (exact) mass is 274 g/mol. The second-order valence-corrected chi connectivity index (χ2v) is 5.37. The van der Waals surface area contributed by atoms with Gasteiger partial charge in [0.05, 0.1) is 12.5 Å². The van der Waals surface area contributed by atoms with Gasteiger partial charge < -0.3 is 19.6 Å². The maximum Gasteiger partial charge on any atom is 0.231 e. The summed E-state index contributed by atoms with van der Waals surface area (Å²) in [6.45, 7) is 3.12. The van der Waals surface area contributed by atoms with Crippen molar-refractivity contribution in [3.05, 3.63) is 23.8 Å². The van der Waals surface area contributed by atoms with Crippen LogP contribution in [0, 0.1) is 0 Å². The third-order valence-electron chi connectivity index (χ3n) is 3.91. The van der Waals surface area contributed by atoms with Gasteiger partial charge in [-0.1, -0.05) is 6.07 Å². The Morgan fingerprint density at radius 2 is 2.20 bits per heavy atom. The number of nitrogens with zero attached hydrogens (tertiary/aromatic N) is 1. The zero-order valence-electron chi connectivity index (χ0n) is 11.0. The average molecular weight is 274 g/mol. The van der Waals surface area contributed by atoms with Gasteiger partial charge in [-0.2, -0.15) is 5.10 Å². The van der Waals surface area contributed by atoms with E-state index >= 15 is 0 Å². The van der Waals surface area contributed by atoms with Crippen molar-refractivity contribution in [2.75, 3.05) is 19.9 Å². The Labute approximate surface area is 115 Å². The van der Waals surface area contributed by atoms with E-state index in [1.54, 1.807) is 6.92 Å². The first-order valence-corrected chi connectivity index (χ1v) is 6.56. The molecular formula is C14H14N2O4. The molecule has 0 bridgehead atoms. The van der Waals surface area contributed by atoms with E-state index in [9.17, 15) is 4.79 Å². The van der Waals surface area contributed by atoms with Crippen molar-refractivity contribution >= 4 is 11.5 Å². The van der Waals surface area contributed by atoms with Gasteiger partial charge in [-0.25, -0.2) is 0 Å². The molecule has 3 heterocycles. The Hall–Kier alpha value is -2.08. The molecular weight excluding hydrogens is 260 g/mol. The molecule has 0 spiro atoms. The molecule has 6 heteroatoms. The molecule has 1 N–H and O–H groups in total. The van der Waals surface area contributed by atoms with Crippen LogP contribution in [0.1, 0.15) is 18.4 Å². The summed E-state index contributed by atoms with van der Waals surface area (Å²) in [6.07, 6.45) is 0. The largest absolute Gasteiger partial charge is 0.454 e. The molecule has 1 aromatic rings. The summed E-state index contributed by atoms with van der Waals surface area (Å²) in [7, 11) is 0. The molecule has 1 aromatic carbocycles. The molecule has 0 aromatic heterocycles. The number of fused-ring (bicyclic) bond motifs is 1. The van der Waals surface area contributed by atoms with Crippen LogP contribution in [-0.2, 0) is 9.53 Å². The summed E-state index contributed by atoms with van der Waals surface area (Å²) < 4.78 is 15.9. The van der Waals surface area contributed by atoms with Crippen molar-refractivity contribution in [2.45, 2.75) is 18.4 Å². The predicted octanol–water partition coefficient (Wildman–Crippen LogP) is 0.816. The molecule has 0 amide bonds. The zero-order chi connectivity index (χ0) is 13.7. The van der Waals surface area contributed by atoms with E-state index in [1.807, 2.05) is 18.2 Å². The molecule has 3 aliphatic heterocycles. The van der Waals surface area contributed by atoms with Crippen molar-refractivity contribution in [1.82, 2.24) is 5.43 Å². The van der Waals surface area contributed by atoms with Crippen LogP contribution >= 0.6 is 0 Å². The van der Waals surface area contributed by atoms with Gasteiger partial charge in [-0.15, -0.1) is 0 Å². The van der Waals surface area contributed by atoms with Crippen LogP contribution in [-0.4, -0.2) is 37.0 Å². The molecule has 0 radical (unpaired) electrons. The van der Waals surface area contributed by atoms with E-state index in [0.29, 0.717) is 18.9 Å². The topological polar surface area (TPSA) is 72.5 Å². The number of ketones is 1. The number of carbonyl (C=O) groups excluding carboxylic acids is 1. The number of hydrazone groups is 1. The lowest BCUT2D eigenvalue weighted by Crippen LogP contribution is -2.32. The summed E-state index contributed by atoms with van der Waals surface area (Å²) >= 11 is 0. The Bertz CT molecular complexity index is 622. The molecule has 0 unspecified atom stereocenters. The van der Waals surface area contributed by atoms with Crippen LogP contribution in [0.5, 0.6) is 11.5 Å². The number of ether oxygens (including phenoxy) is 3. The van der Waals surface area contributed by atoms with Crippen LogP contribution in [0.15, 0.2) is 23.3 Å². The normalized spacial score (nSPS) is 29.9. The highest BCUT2D eigenvalue weighted by Gasteiger charge is 2.51. The SMILES string of the molecule is C[C@]1(C(=O)C2=NNC[C@H]2c2ccc3c(c2)OCO3)CO1. The molecule has 0 aliphatic carbocycles. The molecule has 104 valence electrons. The minimum absolute atomic E-state index is 0.0369. The summed E-state index contributed by atoms with van der Waals surface area (Å²) in [6, 6.07) is 5.73. The second-order valence-electron chi connectivity index (χ2n) is 5.37. The number of carbonyl (C=O) groups is 1. The Kier molecular flexibility index (Phi) is 2.32. The second kappa shape index (κ2) is 3.96. The first kappa shape index (κ1) is 11.7. The predicted molar refractivity (Wildman–Crippen MR) is 70.1 cm³/mol. The van der Waals surface area contributed by atoms with Crippen LogP contribution in [0.4, 0.5) is 0 Å². The van der Waals surface area contributed by atoms with Crippen molar-refractivity contribution in [3.8, 4) is 11.5 Å². The van der Waals surface area contributed by atoms with E-state index in [4.69, 9.17) is 14.2 Å². The molecule has 0 saturated carbocycles. The number of rotatable bonds is 3. The lowest BCUT2D eigenvalue weighted by atomic mass is 9.88. The summed E-state index contributed by atoms with van der Waals surface area (Å²) in [5.74, 6) is 1.35. The zero-order valence-corrected chi connectivity index (χ0v) is 11.0. The molecule has 6 nitrogen and oxygen atoms in total. The minimum atomic E-state index is -0.681. The number of hydrogen-bond acceptors (Lipinski definition) is 6. The molecule has 2 atom stereocenters. The molecule has 20 heavy (non-hydrogen) atoms. The standard InChI is InChI=1S/C14H14N2O4/c1-14(6-20-14)13(17)12-9(5-15-16-12)8-2-3-10-11(4-8)19-7-18-10/h2-4,9,15H,5-7H2,1H3/t9-,14+/m0/s1. The summed E-state index contributed by atoms with van der Waals surface area (Å²) in [4.78, 5) is 12.4. The third-order valence-corrected chi connectivity index (χ3v) is 3.91. The maximum absolute atomic E-state index is 12.4. The quantitative estimate of drug-likeness (QED) is 0.826. The highest BCUT2D eigenvalue weighted by atomic mass is 16.7. The smallest absolute Gasteiger partial charge is 0.231 e. The van der Waals surface area contributed by atoms with Gasteiger partial charge in [0.25, 0.3) is 0 Å². The number of benzene rings is 1. The van der Waals surface area contributed by atoms with E-state index in [0.717, 1.165) is 17.1 Å². The van der Waals surface area contributed by atoms with Gasteiger partial charge in [0, 0.05) is 6.54 Å². The first-order valence-electron chi connectivity index (χ1n) is 6.56. The first-order chi connectivity index (χ1) is 9.67. The number of Topliss-reactive ketones (excluding diaryl/α,β-unsaturated/α-hetero) is 1. The van der Waals surface area contributed by atoms with Gasteiger partial charge in [-0.3, -0.25) is 4.79 Å². The lowest BCUT2D eigenvalue weighted by molar-refractivity contribution is -0.117. The molecule has 1 fully saturated rings. The number of hydrogen-bond donors (Lipinski definition) is 1. The van der Waals surface area contributed by atoms with Crippen molar-refractivity contribution in [2.24, 2.45) is 5.10 Å². The van der Waals surface area contributed by atoms with Gasteiger partial charge >= 0.3 is 0 Å². The van der Waals surface area contributed by atoms with E-state index < -0.39 is 5.60 Å². The van der Waals surface area contributed by atoms with Crippen LogP contribution in [0.25, 0.3) is 0 Å². The van der Waals surface area contributed by atoms with E-state index in [-0.39, 0.29) is 18.5 Å². The number of epoxide rings is 1. The fraction of sp³-hybridized carbons (Fsp3) is 0.429. The fourth-order valence-corrected chi connectivity index (χ4v) is 2.52. The van der Waals surface area contributed by atoms with Crippen molar-refractivity contribution < 1.29 is 19.0 Å². The Balaban J connectivity index is 1.65. The van der Waals surface area contributed by atoms with Crippen LogP contribution in [0.2, 0.25) is 0 Å². The lowest BCUT2D eigenvalue weighted by Gasteiger charge is -2.13. The van der Waals surface area contributed by atoms with Crippen molar-refractivity contribution in [3.63, 3.8) is 0 Å². The summed E-state index contributed by atoms with van der Waals surface area (Å²) in [5, 5.41) is 4.16. The highest BCUT2D eigenvalue weighted by molar-refractivity contribution is 6.45. The minimum Gasteiger partial charge on any atom is -0.454 e. The van der Waals surface area contributed by atoms with Gasteiger partial charge in [0.2, 0.25) is 12.6 Å². The third kappa shape index (κ3) is 1.68. The van der Waals surface area contributed by atoms with Crippen molar-refractivity contribution in [1.29, 1.82) is 0 Å². The molecule has 3 aliphatic rings. The van der Waals surface area contributed by atoms with Gasteiger partial charge in [0.1, 0.15) is 5.71 Å². The van der Waals surface area contributed by atoms with Gasteiger partial charge in [-0.05, 0) is 24.6 Å². The summed E-state index contributed by atoms with van der Waals surface area (Å²) in [5.41, 5.74) is 3.76. The Morgan fingerprint density at radius 3 is 3.00 bits per heavy atom. The van der Waals surface area contributed by atoms with Gasteiger partial charge in [0.15, 0.2) is 17.1 Å². The fourth-order valence-electron chi connectivity index (χ4n) is 2.52. The maximum atomic E-state index is 12.4. The molecule has 1 saturated heterocycles. The molecule has 4 rings (SSSR count). The van der Waals surface area contributed by atoms with Crippen LogP contribution < -0.4 is 14.9 Å². The van der Waals surface area contributed by atoms with Crippen LogP contribution in [0.3, 0.4) is 0 Å². The Morgan fingerprint density at radius 1 is 1.40 bits per heavy atom. The number of nitrogens with one attached hydrogen (secondary N) is 1. The average Bonchev–Trinajstić information content (AvgIpc) is 2.93. The van der Waals surface area contributed by atoms with E-state index in [1.165, 1.54) is 0 Å².